The minimum atomic E-state index is 0.0938. The first kappa shape index (κ1) is 15.9. The lowest BCUT2D eigenvalue weighted by Gasteiger charge is -2.34. The van der Waals surface area contributed by atoms with Crippen LogP contribution in [0, 0.1) is 0 Å². The van der Waals surface area contributed by atoms with Crippen molar-refractivity contribution in [3.63, 3.8) is 0 Å². The second-order valence-corrected chi connectivity index (χ2v) is 5.69. The molecule has 1 aromatic heterocycles. The molecule has 1 amide bonds. The first-order chi connectivity index (χ1) is 10.1. The number of hydrogen-bond acceptors (Lipinski definition) is 4. The number of pyridine rings is 1. The molecule has 0 aliphatic carbocycles. The van der Waals surface area contributed by atoms with Crippen molar-refractivity contribution in [1.82, 2.24) is 14.8 Å². The predicted molar refractivity (Wildman–Crippen MR) is 83.7 cm³/mol. The second-order valence-electron chi connectivity index (χ2n) is 5.69. The highest BCUT2D eigenvalue weighted by Crippen LogP contribution is 2.25. The summed E-state index contributed by atoms with van der Waals surface area (Å²) in [5.74, 6) is 0.164. The lowest BCUT2D eigenvalue weighted by molar-refractivity contribution is -0.128. The summed E-state index contributed by atoms with van der Waals surface area (Å²) in [7, 11) is 0. The van der Waals surface area contributed by atoms with Gasteiger partial charge in [0.25, 0.3) is 0 Å². The summed E-state index contributed by atoms with van der Waals surface area (Å²) in [6.07, 6.45) is 5.58. The van der Waals surface area contributed by atoms with Gasteiger partial charge in [-0.15, -0.1) is 0 Å². The molecular formula is C16H26N4O. The lowest BCUT2D eigenvalue weighted by Crippen LogP contribution is -2.43. The number of hydrogen-bond donors (Lipinski definition) is 1. The first-order valence-electron chi connectivity index (χ1n) is 7.78. The maximum Gasteiger partial charge on any atom is 0.219 e. The fourth-order valence-electron chi connectivity index (χ4n) is 3.04. The molecule has 5 nitrogen and oxygen atoms in total. The van der Waals surface area contributed by atoms with Gasteiger partial charge in [-0.3, -0.25) is 14.7 Å². The van der Waals surface area contributed by atoms with Crippen molar-refractivity contribution < 1.29 is 4.79 Å². The van der Waals surface area contributed by atoms with E-state index in [2.05, 4.69) is 16.8 Å². The van der Waals surface area contributed by atoms with Gasteiger partial charge in [0.1, 0.15) is 0 Å². The molecule has 1 aliphatic heterocycles. The summed E-state index contributed by atoms with van der Waals surface area (Å²) in [6.45, 7) is 7.25. The molecule has 2 N–H and O–H groups in total. The SMILES string of the molecule is CCC(N)C(c1ccncc1)N1CCCN(C(C)=O)CC1. The predicted octanol–water partition coefficient (Wildman–Crippen LogP) is 1.41. The van der Waals surface area contributed by atoms with Gasteiger partial charge >= 0.3 is 0 Å². The van der Waals surface area contributed by atoms with Gasteiger partial charge in [0.05, 0.1) is 6.04 Å². The molecule has 1 aromatic rings. The van der Waals surface area contributed by atoms with E-state index in [0.717, 1.165) is 39.0 Å². The van der Waals surface area contributed by atoms with Crippen molar-refractivity contribution in [3.8, 4) is 0 Å². The molecule has 116 valence electrons. The van der Waals surface area contributed by atoms with Crippen molar-refractivity contribution in [1.29, 1.82) is 0 Å². The molecule has 0 aromatic carbocycles. The molecule has 21 heavy (non-hydrogen) atoms. The van der Waals surface area contributed by atoms with Crippen LogP contribution in [0.4, 0.5) is 0 Å². The Morgan fingerprint density at radius 2 is 2.00 bits per heavy atom. The minimum Gasteiger partial charge on any atom is -0.342 e. The number of carbonyl (C=O) groups is 1. The second kappa shape index (κ2) is 7.52. The summed E-state index contributed by atoms with van der Waals surface area (Å²) < 4.78 is 0. The molecule has 2 rings (SSSR count). The highest BCUT2D eigenvalue weighted by atomic mass is 16.2. The van der Waals surface area contributed by atoms with E-state index in [9.17, 15) is 4.79 Å². The number of rotatable bonds is 4. The number of aromatic nitrogens is 1. The molecule has 0 radical (unpaired) electrons. The van der Waals surface area contributed by atoms with Crippen LogP contribution in [-0.2, 0) is 4.79 Å². The third-order valence-corrected chi connectivity index (χ3v) is 4.29. The zero-order chi connectivity index (χ0) is 15.2. The fourth-order valence-corrected chi connectivity index (χ4v) is 3.04. The van der Waals surface area contributed by atoms with E-state index < -0.39 is 0 Å². The van der Waals surface area contributed by atoms with Crippen molar-refractivity contribution in [2.45, 2.75) is 38.8 Å². The molecule has 1 fully saturated rings. The Morgan fingerprint density at radius 1 is 1.29 bits per heavy atom. The van der Waals surface area contributed by atoms with E-state index in [1.807, 2.05) is 29.4 Å². The molecular weight excluding hydrogens is 264 g/mol. The summed E-state index contributed by atoms with van der Waals surface area (Å²) in [5.41, 5.74) is 7.60. The van der Waals surface area contributed by atoms with Crippen LogP contribution in [0.15, 0.2) is 24.5 Å². The first-order valence-corrected chi connectivity index (χ1v) is 7.78. The number of carbonyl (C=O) groups excluding carboxylic acids is 1. The van der Waals surface area contributed by atoms with Gasteiger partial charge in [0.2, 0.25) is 5.91 Å². The largest absolute Gasteiger partial charge is 0.342 e. The van der Waals surface area contributed by atoms with Crippen LogP contribution in [0.25, 0.3) is 0 Å². The maximum atomic E-state index is 11.6. The molecule has 1 saturated heterocycles. The Morgan fingerprint density at radius 3 is 2.62 bits per heavy atom. The molecule has 2 heterocycles. The Hall–Kier alpha value is -1.46. The van der Waals surface area contributed by atoms with Gasteiger partial charge in [-0.1, -0.05) is 6.92 Å². The van der Waals surface area contributed by atoms with E-state index in [1.54, 1.807) is 6.92 Å². The quantitative estimate of drug-likeness (QED) is 0.911. The van der Waals surface area contributed by atoms with Gasteiger partial charge in [-0.05, 0) is 30.5 Å². The average molecular weight is 290 g/mol. The molecule has 0 spiro atoms. The highest BCUT2D eigenvalue weighted by Gasteiger charge is 2.27. The van der Waals surface area contributed by atoms with E-state index in [4.69, 9.17) is 5.73 Å². The summed E-state index contributed by atoms with van der Waals surface area (Å²) in [4.78, 5) is 20.0. The molecule has 2 unspecified atom stereocenters. The molecule has 5 heteroatoms. The Labute approximate surface area is 127 Å². The van der Waals surface area contributed by atoms with Gasteiger partial charge in [-0.25, -0.2) is 0 Å². The van der Waals surface area contributed by atoms with Crippen LogP contribution >= 0.6 is 0 Å². The summed E-state index contributed by atoms with van der Waals surface area (Å²) >= 11 is 0. The molecule has 2 atom stereocenters. The molecule has 0 saturated carbocycles. The van der Waals surface area contributed by atoms with E-state index in [0.29, 0.717) is 0 Å². The average Bonchev–Trinajstić information content (AvgIpc) is 2.74. The number of nitrogens with zero attached hydrogens (tertiary/aromatic N) is 3. The zero-order valence-corrected chi connectivity index (χ0v) is 13.0. The van der Waals surface area contributed by atoms with Crippen LogP contribution in [0.5, 0.6) is 0 Å². The summed E-state index contributed by atoms with van der Waals surface area (Å²) in [6, 6.07) is 4.39. The van der Waals surface area contributed by atoms with Gasteiger partial charge in [0, 0.05) is 51.5 Å². The van der Waals surface area contributed by atoms with Crippen LogP contribution < -0.4 is 5.73 Å². The monoisotopic (exact) mass is 290 g/mol. The smallest absolute Gasteiger partial charge is 0.219 e. The van der Waals surface area contributed by atoms with Crippen molar-refractivity contribution in [2.75, 3.05) is 26.2 Å². The number of nitrogens with two attached hydrogens (primary N) is 1. The molecule has 1 aliphatic rings. The van der Waals surface area contributed by atoms with Gasteiger partial charge in [-0.2, -0.15) is 0 Å². The summed E-state index contributed by atoms with van der Waals surface area (Å²) in [5, 5.41) is 0. The van der Waals surface area contributed by atoms with Crippen LogP contribution in [0.2, 0.25) is 0 Å². The lowest BCUT2D eigenvalue weighted by atomic mass is 9.97. The Bertz CT molecular complexity index is 451. The maximum absolute atomic E-state index is 11.6. The fraction of sp³-hybridized carbons (Fsp3) is 0.625. The standard InChI is InChI=1S/C16H26N4O/c1-3-15(17)16(14-5-7-18-8-6-14)20-10-4-9-19(11-12-20)13(2)21/h5-8,15-16H,3-4,9-12,17H2,1-2H3. The topological polar surface area (TPSA) is 62.5 Å². The van der Waals surface area contributed by atoms with Gasteiger partial charge < -0.3 is 10.6 Å². The number of amides is 1. The third kappa shape index (κ3) is 4.02. The van der Waals surface area contributed by atoms with Crippen molar-refractivity contribution in [3.05, 3.63) is 30.1 Å². The van der Waals surface area contributed by atoms with Crippen LogP contribution in [0.3, 0.4) is 0 Å². The van der Waals surface area contributed by atoms with Crippen molar-refractivity contribution >= 4 is 5.91 Å². The normalized spacial score (nSPS) is 19.9. The van der Waals surface area contributed by atoms with E-state index >= 15 is 0 Å². The van der Waals surface area contributed by atoms with E-state index in [-0.39, 0.29) is 18.0 Å². The van der Waals surface area contributed by atoms with E-state index in [1.165, 1.54) is 5.56 Å². The van der Waals surface area contributed by atoms with Crippen molar-refractivity contribution in [2.24, 2.45) is 5.73 Å². The minimum absolute atomic E-state index is 0.0938. The molecule has 0 bridgehead atoms. The van der Waals surface area contributed by atoms with Gasteiger partial charge in [0.15, 0.2) is 0 Å². The third-order valence-electron chi connectivity index (χ3n) is 4.29. The van der Waals surface area contributed by atoms with Crippen LogP contribution in [0.1, 0.15) is 38.3 Å². The zero-order valence-electron chi connectivity index (χ0n) is 13.0. The Balaban J connectivity index is 2.16. The highest BCUT2D eigenvalue weighted by molar-refractivity contribution is 5.73. The van der Waals surface area contributed by atoms with Crippen LogP contribution in [-0.4, -0.2) is 52.9 Å². The Kier molecular flexibility index (Phi) is 5.70.